The van der Waals surface area contributed by atoms with Crippen molar-refractivity contribution in [2.45, 2.75) is 26.4 Å². The van der Waals surface area contributed by atoms with Crippen molar-refractivity contribution in [2.75, 3.05) is 18.1 Å². The lowest BCUT2D eigenvalue weighted by Crippen LogP contribution is -2.46. The van der Waals surface area contributed by atoms with Crippen LogP contribution >= 0.6 is 0 Å². The van der Waals surface area contributed by atoms with Crippen molar-refractivity contribution in [1.29, 1.82) is 0 Å². The predicted molar refractivity (Wildman–Crippen MR) is 91.9 cm³/mol. The van der Waals surface area contributed by atoms with E-state index in [0.29, 0.717) is 31.0 Å². The number of aromatic hydroxyl groups is 1. The van der Waals surface area contributed by atoms with Gasteiger partial charge in [-0.15, -0.1) is 0 Å². The van der Waals surface area contributed by atoms with Gasteiger partial charge in [-0.25, -0.2) is 0 Å². The normalized spacial score (nSPS) is 16.5. The molecule has 1 aliphatic rings. The standard InChI is InChI=1S/C19H21NO4/c1-3-20-16-12-14(21)7-10-17(16)24-18(19(20)22)11-13-5-8-15(9-6-13)23-4-2/h5-10,12,18,21H,3-4,11H2,1-2H3. The summed E-state index contributed by atoms with van der Waals surface area (Å²) < 4.78 is 11.3. The van der Waals surface area contributed by atoms with Gasteiger partial charge in [-0.3, -0.25) is 4.79 Å². The van der Waals surface area contributed by atoms with Gasteiger partial charge in [0.05, 0.1) is 12.3 Å². The molecule has 0 spiro atoms. The number of phenolic OH excluding ortho intramolecular Hbond substituents is 1. The number of fused-ring (bicyclic) bond motifs is 1. The topological polar surface area (TPSA) is 59.0 Å². The quantitative estimate of drug-likeness (QED) is 0.916. The molecular weight excluding hydrogens is 306 g/mol. The van der Waals surface area contributed by atoms with Gasteiger partial charge in [-0.05, 0) is 43.7 Å². The number of likely N-dealkylation sites (N-methyl/N-ethyl adjacent to an activating group) is 1. The third kappa shape index (κ3) is 3.15. The van der Waals surface area contributed by atoms with E-state index in [1.165, 1.54) is 0 Å². The molecule has 1 heterocycles. The van der Waals surface area contributed by atoms with Crippen LogP contribution in [0.4, 0.5) is 5.69 Å². The Balaban J connectivity index is 1.81. The zero-order chi connectivity index (χ0) is 17.1. The van der Waals surface area contributed by atoms with Gasteiger partial charge < -0.3 is 19.5 Å². The van der Waals surface area contributed by atoms with Gasteiger partial charge in [0.2, 0.25) is 0 Å². The third-order valence-electron chi connectivity index (χ3n) is 4.02. The number of ether oxygens (including phenoxy) is 2. The summed E-state index contributed by atoms with van der Waals surface area (Å²) in [6.45, 7) is 5.00. The summed E-state index contributed by atoms with van der Waals surface area (Å²) in [5.41, 5.74) is 1.63. The molecule has 3 rings (SSSR count). The fourth-order valence-electron chi connectivity index (χ4n) is 2.87. The van der Waals surface area contributed by atoms with E-state index in [0.717, 1.165) is 11.3 Å². The van der Waals surface area contributed by atoms with E-state index < -0.39 is 6.10 Å². The highest BCUT2D eigenvalue weighted by Crippen LogP contribution is 2.37. The van der Waals surface area contributed by atoms with E-state index in [9.17, 15) is 9.90 Å². The van der Waals surface area contributed by atoms with Gasteiger partial charge in [0, 0.05) is 19.0 Å². The highest BCUT2D eigenvalue weighted by atomic mass is 16.5. The lowest BCUT2D eigenvalue weighted by molar-refractivity contribution is -0.126. The number of anilines is 1. The highest BCUT2D eigenvalue weighted by molar-refractivity contribution is 6.00. The van der Waals surface area contributed by atoms with Crippen molar-refractivity contribution in [3.63, 3.8) is 0 Å². The molecule has 126 valence electrons. The summed E-state index contributed by atoms with van der Waals surface area (Å²) in [6, 6.07) is 12.5. The Kier molecular flexibility index (Phi) is 4.60. The molecule has 1 N–H and O–H groups in total. The lowest BCUT2D eigenvalue weighted by atomic mass is 10.0. The Morgan fingerprint density at radius 2 is 1.92 bits per heavy atom. The molecule has 5 nitrogen and oxygen atoms in total. The molecule has 1 aliphatic heterocycles. The van der Waals surface area contributed by atoms with Crippen LogP contribution in [0.3, 0.4) is 0 Å². The zero-order valence-corrected chi connectivity index (χ0v) is 13.9. The number of carbonyl (C=O) groups excluding carboxylic acids is 1. The molecule has 1 amide bonds. The molecule has 0 bridgehead atoms. The molecule has 0 aromatic heterocycles. The fraction of sp³-hybridized carbons (Fsp3) is 0.316. The van der Waals surface area contributed by atoms with Gasteiger partial charge >= 0.3 is 0 Å². The molecular formula is C19H21NO4. The van der Waals surface area contributed by atoms with E-state index >= 15 is 0 Å². The molecule has 0 aliphatic carbocycles. The molecule has 5 heteroatoms. The number of nitrogens with zero attached hydrogens (tertiary/aromatic N) is 1. The second-order valence-corrected chi connectivity index (χ2v) is 5.62. The minimum absolute atomic E-state index is 0.0931. The largest absolute Gasteiger partial charge is 0.508 e. The van der Waals surface area contributed by atoms with Crippen LogP contribution in [0.2, 0.25) is 0 Å². The zero-order valence-electron chi connectivity index (χ0n) is 13.9. The van der Waals surface area contributed by atoms with E-state index in [4.69, 9.17) is 9.47 Å². The van der Waals surface area contributed by atoms with Crippen molar-refractivity contribution in [3.8, 4) is 17.2 Å². The van der Waals surface area contributed by atoms with Crippen molar-refractivity contribution in [3.05, 3.63) is 48.0 Å². The van der Waals surface area contributed by atoms with Gasteiger partial charge in [0.25, 0.3) is 5.91 Å². The van der Waals surface area contributed by atoms with Crippen LogP contribution < -0.4 is 14.4 Å². The van der Waals surface area contributed by atoms with Crippen LogP contribution in [0.15, 0.2) is 42.5 Å². The third-order valence-corrected chi connectivity index (χ3v) is 4.02. The number of phenols is 1. The highest BCUT2D eigenvalue weighted by Gasteiger charge is 2.33. The van der Waals surface area contributed by atoms with Crippen LogP contribution in [-0.2, 0) is 11.2 Å². The van der Waals surface area contributed by atoms with E-state index in [1.807, 2.05) is 38.1 Å². The summed E-state index contributed by atoms with van der Waals surface area (Å²) in [5.74, 6) is 1.45. The van der Waals surface area contributed by atoms with Crippen LogP contribution in [-0.4, -0.2) is 30.3 Å². The van der Waals surface area contributed by atoms with E-state index in [1.54, 1.807) is 23.1 Å². The molecule has 0 fully saturated rings. The van der Waals surface area contributed by atoms with Crippen molar-refractivity contribution < 1.29 is 19.4 Å². The molecule has 0 radical (unpaired) electrons. The summed E-state index contributed by atoms with van der Waals surface area (Å²) >= 11 is 0. The van der Waals surface area contributed by atoms with E-state index in [-0.39, 0.29) is 11.7 Å². The number of benzene rings is 2. The van der Waals surface area contributed by atoms with Crippen LogP contribution in [0.1, 0.15) is 19.4 Å². The molecule has 0 saturated heterocycles. The van der Waals surface area contributed by atoms with Crippen molar-refractivity contribution in [2.24, 2.45) is 0 Å². The Hall–Kier alpha value is -2.69. The first-order valence-electron chi connectivity index (χ1n) is 8.15. The van der Waals surface area contributed by atoms with Crippen LogP contribution in [0.5, 0.6) is 17.2 Å². The maximum atomic E-state index is 12.7. The smallest absolute Gasteiger partial charge is 0.268 e. The van der Waals surface area contributed by atoms with Crippen LogP contribution in [0, 0.1) is 0 Å². The SMILES string of the molecule is CCOc1ccc(CC2Oc3ccc(O)cc3N(CC)C2=O)cc1. The number of rotatable bonds is 5. The summed E-state index contributed by atoms with van der Waals surface area (Å²) in [6.07, 6.45) is -0.0814. The average molecular weight is 327 g/mol. The number of hydrogen-bond acceptors (Lipinski definition) is 4. The van der Waals surface area contributed by atoms with Gasteiger partial charge in [-0.2, -0.15) is 0 Å². The molecule has 2 aromatic carbocycles. The van der Waals surface area contributed by atoms with Gasteiger partial charge in [-0.1, -0.05) is 12.1 Å². The molecule has 24 heavy (non-hydrogen) atoms. The van der Waals surface area contributed by atoms with Gasteiger partial charge in [0.15, 0.2) is 6.10 Å². The minimum atomic E-state index is -0.570. The van der Waals surface area contributed by atoms with Crippen molar-refractivity contribution in [1.82, 2.24) is 0 Å². The second-order valence-electron chi connectivity index (χ2n) is 5.62. The maximum absolute atomic E-state index is 12.7. The maximum Gasteiger partial charge on any atom is 0.268 e. The van der Waals surface area contributed by atoms with E-state index in [2.05, 4.69) is 0 Å². The Morgan fingerprint density at radius 1 is 1.17 bits per heavy atom. The molecule has 1 unspecified atom stereocenters. The Labute approximate surface area is 141 Å². The Bertz CT molecular complexity index is 727. The van der Waals surface area contributed by atoms with Crippen molar-refractivity contribution >= 4 is 11.6 Å². The number of amides is 1. The first kappa shape index (κ1) is 16.2. The van der Waals surface area contributed by atoms with Crippen LogP contribution in [0.25, 0.3) is 0 Å². The summed E-state index contributed by atoms with van der Waals surface area (Å²) in [5, 5.41) is 9.65. The lowest BCUT2D eigenvalue weighted by Gasteiger charge is -2.33. The van der Waals surface area contributed by atoms with Gasteiger partial charge in [0.1, 0.15) is 17.2 Å². The Morgan fingerprint density at radius 3 is 2.58 bits per heavy atom. The summed E-state index contributed by atoms with van der Waals surface area (Å²) in [7, 11) is 0. The first-order valence-corrected chi connectivity index (χ1v) is 8.15. The average Bonchev–Trinajstić information content (AvgIpc) is 2.58. The molecule has 0 saturated carbocycles. The number of carbonyl (C=O) groups is 1. The minimum Gasteiger partial charge on any atom is -0.508 e. The molecule has 1 atom stereocenters. The monoisotopic (exact) mass is 327 g/mol. The molecule has 2 aromatic rings. The summed E-state index contributed by atoms with van der Waals surface area (Å²) in [4.78, 5) is 14.3. The first-order chi connectivity index (χ1) is 11.6. The fourth-order valence-corrected chi connectivity index (χ4v) is 2.87. The number of hydrogen-bond donors (Lipinski definition) is 1. The predicted octanol–water partition coefficient (Wildman–Crippen LogP) is 3.15. The second kappa shape index (κ2) is 6.83.